The molecule has 3 aromatic rings. The summed E-state index contributed by atoms with van der Waals surface area (Å²) >= 11 is 0. The van der Waals surface area contributed by atoms with Crippen molar-refractivity contribution in [3.05, 3.63) is 95.7 Å². The maximum absolute atomic E-state index is 12.8. The molecule has 0 atom stereocenters. The maximum Gasteiger partial charge on any atom is 0.318 e. The third-order valence-corrected chi connectivity index (χ3v) is 4.82. The first kappa shape index (κ1) is 18.5. The number of likely N-dealkylation sites (tertiary alicyclic amines) is 1. The first-order valence-corrected chi connectivity index (χ1v) is 9.41. The second-order valence-electron chi connectivity index (χ2n) is 6.84. The molecule has 4 rings (SSSR count). The van der Waals surface area contributed by atoms with Gasteiger partial charge in [-0.05, 0) is 17.2 Å². The van der Waals surface area contributed by atoms with Gasteiger partial charge in [0.05, 0.1) is 30.8 Å². The smallest absolute Gasteiger partial charge is 0.318 e. The number of nitrogens with zero attached hydrogens (tertiary/aromatic N) is 3. The molecule has 0 radical (unpaired) electrons. The number of amides is 2. The molecule has 1 aliphatic rings. The van der Waals surface area contributed by atoms with Crippen LogP contribution in [0.3, 0.4) is 0 Å². The van der Waals surface area contributed by atoms with Crippen molar-refractivity contribution in [3.8, 4) is 11.9 Å². The zero-order valence-electron chi connectivity index (χ0n) is 15.7. The molecule has 1 N–H and O–H groups in total. The molecule has 0 aliphatic carbocycles. The highest BCUT2D eigenvalue weighted by Gasteiger charge is 2.33. The molecule has 2 amide bonds. The van der Waals surface area contributed by atoms with E-state index in [1.54, 1.807) is 23.2 Å². The Hall–Kier alpha value is -3.85. The van der Waals surface area contributed by atoms with Gasteiger partial charge in [-0.25, -0.2) is 9.78 Å². The first-order chi connectivity index (χ1) is 14.2. The van der Waals surface area contributed by atoms with Gasteiger partial charge in [-0.3, -0.25) is 0 Å². The Bertz CT molecular complexity index is 972. The first-order valence-electron chi connectivity index (χ1n) is 9.41. The summed E-state index contributed by atoms with van der Waals surface area (Å²) in [5, 5.41) is 12.1. The molecule has 0 spiro atoms. The maximum atomic E-state index is 12.8. The number of hydrogen-bond donors (Lipinski definition) is 1. The van der Waals surface area contributed by atoms with Crippen LogP contribution in [0.2, 0.25) is 0 Å². The summed E-state index contributed by atoms with van der Waals surface area (Å²) in [6, 6.07) is 24.7. The van der Waals surface area contributed by atoms with Crippen molar-refractivity contribution < 1.29 is 9.53 Å². The van der Waals surface area contributed by atoms with Gasteiger partial charge in [0.1, 0.15) is 6.10 Å². The van der Waals surface area contributed by atoms with Crippen LogP contribution in [0.25, 0.3) is 0 Å². The predicted octanol–water partition coefficient (Wildman–Crippen LogP) is 3.52. The normalized spacial score (nSPS) is 13.4. The molecular weight excluding hydrogens is 364 g/mol. The van der Waals surface area contributed by atoms with E-state index in [-0.39, 0.29) is 18.2 Å². The van der Waals surface area contributed by atoms with Crippen LogP contribution in [0.1, 0.15) is 22.7 Å². The fourth-order valence-electron chi connectivity index (χ4n) is 3.26. The zero-order valence-corrected chi connectivity index (χ0v) is 15.7. The third kappa shape index (κ3) is 4.36. The lowest BCUT2D eigenvalue weighted by molar-refractivity contribution is 0.0408. The van der Waals surface area contributed by atoms with Crippen LogP contribution < -0.4 is 10.1 Å². The lowest BCUT2D eigenvalue weighted by atomic mass is 9.99. The summed E-state index contributed by atoms with van der Waals surface area (Å²) < 4.78 is 5.76. The molecule has 2 heterocycles. The minimum Gasteiger partial charge on any atom is -0.471 e. The van der Waals surface area contributed by atoms with Crippen LogP contribution in [0.15, 0.2) is 79.0 Å². The highest BCUT2D eigenvalue weighted by atomic mass is 16.5. The van der Waals surface area contributed by atoms with Crippen molar-refractivity contribution in [2.24, 2.45) is 0 Å². The second-order valence-corrected chi connectivity index (χ2v) is 6.84. The average molecular weight is 384 g/mol. The predicted molar refractivity (Wildman–Crippen MR) is 108 cm³/mol. The largest absolute Gasteiger partial charge is 0.471 e. The molecule has 1 aliphatic heterocycles. The number of carbonyl (C=O) groups is 1. The number of ether oxygens (including phenoxy) is 1. The van der Waals surface area contributed by atoms with E-state index in [0.717, 1.165) is 11.1 Å². The van der Waals surface area contributed by atoms with Crippen molar-refractivity contribution in [2.75, 3.05) is 13.1 Å². The zero-order chi connectivity index (χ0) is 20.1. The summed E-state index contributed by atoms with van der Waals surface area (Å²) in [6.07, 6.45) is 1.41. The van der Waals surface area contributed by atoms with Crippen LogP contribution >= 0.6 is 0 Å². The minimum absolute atomic E-state index is 0.130. The van der Waals surface area contributed by atoms with E-state index in [4.69, 9.17) is 10.00 Å². The number of nitrogens with one attached hydrogen (secondary N) is 1. The Morgan fingerprint density at radius 1 is 1.07 bits per heavy atom. The van der Waals surface area contributed by atoms with E-state index in [1.807, 2.05) is 60.7 Å². The van der Waals surface area contributed by atoms with Crippen LogP contribution in [-0.4, -0.2) is 35.1 Å². The number of urea groups is 1. The lowest BCUT2D eigenvalue weighted by Crippen LogP contribution is -2.59. The molecule has 144 valence electrons. The highest BCUT2D eigenvalue weighted by molar-refractivity contribution is 5.76. The lowest BCUT2D eigenvalue weighted by Gasteiger charge is -2.39. The van der Waals surface area contributed by atoms with Gasteiger partial charge >= 0.3 is 6.03 Å². The number of rotatable bonds is 5. The number of pyridine rings is 1. The summed E-state index contributed by atoms with van der Waals surface area (Å²) in [5.41, 5.74) is 2.55. The SMILES string of the molecule is N#Cc1ccnc(OC2CN(C(=O)NC(c3ccccc3)c3ccccc3)C2)c1. The van der Waals surface area contributed by atoms with Gasteiger partial charge in [0.25, 0.3) is 0 Å². The molecular formula is C23H20N4O2. The van der Waals surface area contributed by atoms with Gasteiger partial charge in [0.2, 0.25) is 5.88 Å². The Morgan fingerprint density at radius 2 is 1.69 bits per heavy atom. The molecule has 6 heteroatoms. The Kier molecular flexibility index (Phi) is 5.39. The average Bonchev–Trinajstić information content (AvgIpc) is 2.75. The van der Waals surface area contributed by atoms with Crippen molar-refractivity contribution in [1.29, 1.82) is 5.26 Å². The van der Waals surface area contributed by atoms with E-state index < -0.39 is 0 Å². The second kappa shape index (κ2) is 8.44. The number of benzene rings is 2. The van der Waals surface area contributed by atoms with E-state index in [2.05, 4.69) is 16.4 Å². The third-order valence-electron chi connectivity index (χ3n) is 4.82. The molecule has 0 bridgehead atoms. The summed E-state index contributed by atoms with van der Waals surface area (Å²) in [5.74, 6) is 0.403. The highest BCUT2D eigenvalue weighted by Crippen LogP contribution is 2.23. The van der Waals surface area contributed by atoms with Crippen molar-refractivity contribution >= 4 is 6.03 Å². The van der Waals surface area contributed by atoms with Crippen molar-refractivity contribution in [3.63, 3.8) is 0 Å². The van der Waals surface area contributed by atoms with Crippen molar-refractivity contribution in [1.82, 2.24) is 15.2 Å². The number of aromatic nitrogens is 1. The monoisotopic (exact) mass is 384 g/mol. The Labute approximate surface area is 169 Å². The molecule has 1 aromatic heterocycles. The summed E-state index contributed by atoms with van der Waals surface area (Å²) in [6.45, 7) is 0.946. The molecule has 1 fully saturated rings. The van der Waals surface area contributed by atoms with Gasteiger partial charge < -0.3 is 15.0 Å². The van der Waals surface area contributed by atoms with Gasteiger partial charge in [0.15, 0.2) is 0 Å². The Morgan fingerprint density at radius 3 is 2.28 bits per heavy atom. The van der Waals surface area contributed by atoms with Crippen LogP contribution in [0, 0.1) is 11.3 Å². The van der Waals surface area contributed by atoms with Crippen LogP contribution in [-0.2, 0) is 0 Å². The molecule has 2 aromatic carbocycles. The van der Waals surface area contributed by atoms with Gasteiger partial charge in [-0.2, -0.15) is 5.26 Å². The molecule has 29 heavy (non-hydrogen) atoms. The van der Waals surface area contributed by atoms with E-state index in [9.17, 15) is 4.79 Å². The topological polar surface area (TPSA) is 78.2 Å². The van der Waals surface area contributed by atoms with E-state index in [0.29, 0.717) is 24.5 Å². The van der Waals surface area contributed by atoms with E-state index in [1.165, 1.54) is 0 Å². The number of hydrogen-bond acceptors (Lipinski definition) is 4. The number of nitriles is 1. The molecule has 0 unspecified atom stereocenters. The minimum atomic E-state index is -0.223. The summed E-state index contributed by atoms with van der Waals surface area (Å²) in [4.78, 5) is 18.6. The Balaban J connectivity index is 1.39. The number of carbonyl (C=O) groups excluding carboxylic acids is 1. The fraction of sp³-hybridized carbons (Fsp3) is 0.174. The molecule has 6 nitrogen and oxygen atoms in total. The molecule has 0 saturated carbocycles. The van der Waals surface area contributed by atoms with Gasteiger partial charge in [-0.1, -0.05) is 60.7 Å². The van der Waals surface area contributed by atoms with Gasteiger partial charge in [-0.15, -0.1) is 0 Å². The van der Waals surface area contributed by atoms with Crippen molar-refractivity contribution in [2.45, 2.75) is 12.1 Å². The van der Waals surface area contributed by atoms with E-state index >= 15 is 0 Å². The standard InChI is InChI=1S/C23H20N4O2/c24-14-17-11-12-25-21(13-17)29-20-15-27(16-20)23(28)26-22(18-7-3-1-4-8-18)19-9-5-2-6-10-19/h1-13,20,22H,15-16H2,(H,26,28). The van der Waals surface area contributed by atoms with Crippen LogP contribution in [0.5, 0.6) is 5.88 Å². The fourth-order valence-corrected chi connectivity index (χ4v) is 3.26. The summed E-state index contributed by atoms with van der Waals surface area (Å²) in [7, 11) is 0. The molecule has 1 saturated heterocycles. The van der Waals surface area contributed by atoms with Crippen LogP contribution in [0.4, 0.5) is 4.79 Å². The van der Waals surface area contributed by atoms with Gasteiger partial charge in [0, 0.05) is 12.3 Å². The quantitative estimate of drug-likeness (QED) is 0.730.